The topological polar surface area (TPSA) is 23.3 Å². The average molecular weight is 114 g/mol. The third-order valence-electron chi connectivity index (χ3n) is 1.10. The highest BCUT2D eigenvalue weighted by Crippen LogP contribution is 2.05. The van der Waals surface area contributed by atoms with Crippen molar-refractivity contribution in [2.24, 2.45) is 0 Å². The van der Waals surface area contributed by atoms with Gasteiger partial charge >= 0.3 is 6.03 Å². The van der Waals surface area contributed by atoms with Crippen molar-refractivity contribution in [2.45, 2.75) is 0 Å². The van der Waals surface area contributed by atoms with Gasteiger partial charge in [-0.25, -0.2) is 4.79 Å². The lowest BCUT2D eigenvalue weighted by atomic mass is 10.8. The molecule has 8 heavy (non-hydrogen) atoms. The molecule has 2 amide bonds. The molecule has 1 fully saturated rings. The molecule has 1 aliphatic rings. The Kier molecular flexibility index (Phi) is 1.12. The summed E-state index contributed by atoms with van der Waals surface area (Å²) in [7, 11) is 3.53. The highest BCUT2D eigenvalue weighted by molar-refractivity contribution is 5.75. The minimum Gasteiger partial charge on any atom is -0.331 e. The number of carbonyl (C=O) groups is 1. The van der Waals surface area contributed by atoms with Crippen LogP contribution in [0.3, 0.4) is 0 Å². The van der Waals surface area contributed by atoms with E-state index in [0.29, 0.717) is 0 Å². The first-order valence-corrected chi connectivity index (χ1v) is 2.68. The van der Waals surface area contributed by atoms with Crippen molar-refractivity contribution in [2.75, 3.05) is 27.2 Å². The van der Waals surface area contributed by atoms with Crippen LogP contribution in [-0.2, 0) is 0 Å². The number of rotatable bonds is 0. The van der Waals surface area contributed by atoms with Crippen LogP contribution in [0.15, 0.2) is 0 Å². The van der Waals surface area contributed by atoms with Crippen molar-refractivity contribution in [1.82, 2.24) is 9.80 Å². The van der Waals surface area contributed by atoms with Crippen molar-refractivity contribution in [3.8, 4) is 0 Å². The molecule has 0 saturated carbocycles. The molecule has 3 nitrogen and oxygen atoms in total. The molecule has 1 rings (SSSR count). The third kappa shape index (κ3) is 0.911. The van der Waals surface area contributed by atoms with Crippen LogP contribution < -0.4 is 0 Å². The molecule has 3 heteroatoms. The summed E-state index contributed by atoms with van der Waals surface area (Å²) in [6, 6.07) is 0.130. The van der Waals surface area contributed by atoms with Gasteiger partial charge in [0.15, 0.2) is 0 Å². The molecule has 0 radical (unpaired) electrons. The first kappa shape index (κ1) is 5.41. The molecule has 46 valence electrons. The largest absolute Gasteiger partial charge is 0.331 e. The fourth-order valence-electron chi connectivity index (χ4n) is 0.524. The van der Waals surface area contributed by atoms with Gasteiger partial charge in [-0.15, -0.1) is 0 Å². The van der Waals surface area contributed by atoms with E-state index in [1.807, 2.05) is 0 Å². The summed E-state index contributed by atoms with van der Waals surface area (Å²) in [5.41, 5.74) is 0. The fraction of sp³-hybridized carbons (Fsp3) is 0.800. The van der Waals surface area contributed by atoms with Gasteiger partial charge in [0, 0.05) is 27.2 Å². The zero-order valence-electron chi connectivity index (χ0n) is 5.22. The maximum Gasteiger partial charge on any atom is 0.319 e. The van der Waals surface area contributed by atoms with E-state index >= 15 is 0 Å². The zero-order valence-corrected chi connectivity index (χ0v) is 5.22. The van der Waals surface area contributed by atoms with E-state index in [1.165, 1.54) is 0 Å². The highest BCUT2D eigenvalue weighted by atomic mass is 16.2. The van der Waals surface area contributed by atoms with Gasteiger partial charge in [-0.2, -0.15) is 0 Å². The molecule has 1 aliphatic heterocycles. The summed E-state index contributed by atoms with van der Waals surface area (Å²) in [4.78, 5) is 14.1. The predicted octanol–water partition coefficient (Wildman–Crippen LogP) is -0.0164. The molecular weight excluding hydrogens is 104 g/mol. The number of hydrogen-bond donors (Lipinski definition) is 0. The minimum atomic E-state index is 0.130. The van der Waals surface area contributed by atoms with E-state index in [4.69, 9.17) is 0 Å². The summed E-state index contributed by atoms with van der Waals surface area (Å²) in [6.07, 6.45) is 0. The van der Waals surface area contributed by atoms with E-state index in [2.05, 4.69) is 0 Å². The first-order chi connectivity index (χ1) is 3.72. The van der Waals surface area contributed by atoms with Gasteiger partial charge in [0.2, 0.25) is 0 Å². The number of urea groups is 1. The van der Waals surface area contributed by atoms with E-state index < -0.39 is 0 Å². The lowest BCUT2D eigenvalue weighted by molar-refractivity contribution is 0.204. The molecule has 1 heterocycles. The number of nitrogens with zero attached hydrogens (tertiary/aromatic N) is 2. The summed E-state index contributed by atoms with van der Waals surface area (Å²) in [6.45, 7) is 1.88. The fourth-order valence-corrected chi connectivity index (χ4v) is 0.524. The van der Waals surface area contributed by atoms with Gasteiger partial charge in [-0.3, -0.25) is 0 Å². The lowest BCUT2D eigenvalue weighted by Crippen LogP contribution is -2.26. The van der Waals surface area contributed by atoms with E-state index in [1.54, 1.807) is 23.9 Å². The van der Waals surface area contributed by atoms with Gasteiger partial charge < -0.3 is 9.80 Å². The highest BCUT2D eigenvalue weighted by Gasteiger charge is 2.24. The second-order valence-corrected chi connectivity index (χ2v) is 2.16. The summed E-state index contributed by atoms with van der Waals surface area (Å²) < 4.78 is 0. The van der Waals surface area contributed by atoms with E-state index in [9.17, 15) is 4.79 Å². The number of carbonyl (C=O) groups excluding carboxylic acids is 1. The molecule has 0 unspecified atom stereocenters. The Balaban J connectivity index is 2.33. The van der Waals surface area contributed by atoms with Gasteiger partial charge in [0.25, 0.3) is 0 Å². The van der Waals surface area contributed by atoms with Crippen LogP contribution >= 0.6 is 0 Å². The van der Waals surface area contributed by atoms with Crippen molar-refractivity contribution in [1.29, 1.82) is 0 Å². The molecule has 1 saturated heterocycles. The molecule has 0 aromatic rings. The van der Waals surface area contributed by atoms with Crippen LogP contribution in [-0.4, -0.2) is 43.0 Å². The molecule has 0 aromatic carbocycles. The Morgan fingerprint density at radius 2 is 2.00 bits per heavy atom. The van der Waals surface area contributed by atoms with Crippen LogP contribution in [0, 0.1) is 0 Å². The molecule has 0 spiro atoms. The summed E-state index contributed by atoms with van der Waals surface area (Å²) in [5, 5.41) is 0. The monoisotopic (exact) mass is 114 g/mol. The average Bonchev–Trinajstić information content (AvgIpc) is 2.43. The molecule has 0 N–H and O–H groups in total. The molecule has 0 atom stereocenters. The Morgan fingerprint density at radius 1 is 1.50 bits per heavy atom. The maximum atomic E-state index is 10.8. The second-order valence-electron chi connectivity index (χ2n) is 2.16. The van der Waals surface area contributed by atoms with Crippen LogP contribution in [0.25, 0.3) is 0 Å². The zero-order chi connectivity index (χ0) is 6.15. The number of amides is 2. The van der Waals surface area contributed by atoms with Gasteiger partial charge in [-0.1, -0.05) is 0 Å². The minimum absolute atomic E-state index is 0.130. The molecule has 0 aliphatic carbocycles. The Bertz CT molecular complexity index is 103. The van der Waals surface area contributed by atoms with Gasteiger partial charge in [0.1, 0.15) is 0 Å². The summed E-state index contributed by atoms with van der Waals surface area (Å²) in [5.74, 6) is 0. The first-order valence-electron chi connectivity index (χ1n) is 2.68. The van der Waals surface area contributed by atoms with Crippen molar-refractivity contribution in [3.63, 3.8) is 0 Å². The van der Waals surface area contributed by atoms with Crippen LogP contribution in [0.5, 0.6) is 0 Å². The van der Waals surface area contributed by atoms with Crippen LogP contribution in [0.2, 0.25) is 0 Å². The summed E-state index contributed by atoms with van der Waals surface area (Å²) >= 11 is 0. The Morgan fingerprint density at radius 3 is 2.12 bits per heavy atom. The third-order valence-corrected chi connectivity index (χ3v) is 1.10. The SMILES string of the molecule is CN(C)C(=O)N1CC1. The van der Waals surface area contributed by atoms with Crippen LogP contribution in [0.1, 0.15) is 0 Å². The van der Waals surface area contributed by atoms with Crippen molar-refractivity contribution < 1.29 is 4.79 Å². The van der Waals surface area contributed by atoms with Crippen molar-refractivity contribution in [3.05, 3.63) is 0 Å². The lowest BCUT2D eigenvalue weighted by Gasteiger charge is -2.09. The smallest absolute Gasteiger partial charge is 0.319 e. The normalized spacial score (nSPS) is 16.0. The van der Waals surface area contributed by atoms with Gasteiger partial charge in [0.05, 0.1) is 0 Å². The molecule has 0 aromatic heterocycles. The van der Waals surface area contributed by atoms with Crippen molar-refractivity contribution >= 4 is 6.03 Å². The quantitative estimate of drug-likeness (QED) is 0.406. The second kappa shape index (κ2) is 1.65. The van der Waals surface area contributed by atoms with E-state index in [-0.39, 0.29) is 6.03 Å². The standard InChI is InChI=1S/C5H10N2O/c1-6(2)5(8)7-3-4-7/h3-4H2,1-2H3. The molecular formula is C5H10N2O. The molecule has 0 bridgehead atoms. The van der Waals surface area contributed by atoms with Gasteiger partial charge in [-0.05, 0) is 0 Å². The maximum absolute atomic E-state index is 10.8. The Labute approximate surface area is 48.9 Å². The Hall–Kier alpha value is -0.730. The predicted molar refractivity (Wildman–Crippen MR) is 30.7 cm³/mol. The van der Waals surface area contributed by atoms with E-state index in [0.717, 1.165) is 13.1 Å². The number of hydrogen-bond acceptors (Lipinski definition) is 1. The van der Waals surface area contributed by atoms with Crippen LogP contribution in [0.4, 0.5) is 4.79 Å².